The molecule has 3 aromatic carbocycles. The number of aromatic nitrogens is 3. The van der Waals surface area contributed by atoms with E-state index in [9.17, 15) is 18.3 Å². The third-order valence-corrected chi connectivity index (χ3v) is 17.1. The van der Waals surface area contributed by atoms with Crippen molar-refractivity contribution in [2.24, 2.45) is 5.41 Å². The second kappa shape index (κ2) is 20.2. The van der Waals surface area contributed by atoms with Gasteiger partial charge in [-0.3, -0.25) is 14.6 Å². The van der Waals surface area contributed by atoms with E-state index in [4.69, 9.17) is 23.7 Å². The fourth-order valence-electron chi connectivity index (χ4n) is 11.6. The summed E-state index contributed by atoms with van der Waals surface area (Å²) in [6, 6.07) is 23.5. The van der Waals surface area contributed by atoms with Crippen LogP contribution >= 0.6 is 0 Å². The summed E-state index contributed by atoms with van der Waals surface area (Å²) in [4.78, 5) is 33.4. The van der Waals surface area contributed by atoms with Gasteiger partial charge in [-0.05, 0) is 78.0 Å². The van der Waals surface area contributed by atoms with Crippen molar-refractivity contribution in [3.63, 3.8) is 0 Å². The molecule has 6 aromatic rings. The predicted octanol–water partition coefficient (Wildman–Crippen LogP) is 8.67. The van der Waals surface area contributed by atoms with Gasteiger partial charge >= 0.3 is 0 Å². The van der Waals surface area contributed by atoms with Crippen LogP contribution in [0.5, 0.6) is 34.6 Å². The number of hydrogen-bond donors (Lipinski definition) is 4. The van der Waals surface area contributed by atoms with Gasteiger partial charge in [0.25, 0.3) is 15.9 Å². The maximum atomic E-state index is 15.5. The fraction of sp³-hybridized carbons (Fsp3) is 0.436. The Labute approximate surface area is 430 Å². The highest BCUT2D eigenvalue weighted by Gasteiger charge is 2.50. The molecule has 1 atom stereocenters. The second-order valence-electron chi connectivity index (χ2n) is 20.8. The number of aromatic amines is 1. The summed E-state index contributed by atoms with van der Waals surface area (Å²) in [5.41, 5.74) is 4.04. The minimum absolute atomic E-state index is 0.0166. The first-order valence-corrected chi connectivity index (χ1v) is 27.0. The van der Waals surface area contributed by atoms with Crippen molar-refractivity contribution in [2.75, 3.05) is 76.6 Å². The zero-order valence-corrected chi connectivity index (χ0v) is 42.8. The molecule has 5 aliphatic rings. The number of pyridine rings is 2. The van der Waals surface area contributed by atoms with Crippen LogP contribution in [0.4, 0.5) is 15.8 Å². The highest BCUT2D eigenvalue weighted by molar-refractivity contribution is 7.90. The van der Waals surface area contributed by atoms with Gasteiger partial charge in [0.1, 0.15) is 39.1 Å². The first-order chi connectivity index (χ1) is 35.8. The Morgan fingerprint density at radius 3 is 2.51 bits per heavy atom. The Morgan fingerprint density at radius 1 is 0.946 bits per heavy atom. The van der Waals surface area contributed by atoms with E-state index >= 15 is 4.39 Å². The summed E-state index contributed by atoms with van der Waals surface area (Å²) in [6.45, 7) is 9.88. The number of alkyl halides is 1. The van der Waals surface area contributed by atoms with Crippen molar-refractivity contribution in [1.29, 1.82) is 0 Å². The molecule has 7 heterocycles. The van der Waals surface area contributed by atoms with Gasteiger partial charge in [0, 0.05) is 126 Å². The third kappa shape index (κ3) is 10.0. The Kier molecular flexibility index (Phi) is 13.5. The number of fused-ring (bicyclic) bond motifs is 2. The molecule has 390 valence electrons. The molecule has 74 heavy (non-hydrogen) atoms. The van der Waals surface area contributed by atoms with Crippen molar-refractivity contribution in [2.45, 2.75) is 87.5 Å². The monoisotopic (exact) mass is 1030 g/mol. The van der Waals surface area contributed by atoms with Crippen LogP contribution in [0.15, 0.2) is 96.3 Å². The summed E-state index contributed by atoms with van der Waals surface area (Å²) < 4.78 is 74.1. The number of nitrogens with zero attached hydrogens (tertiary/aromatic N) is 5. The highest BCUT2D eigenvalue weighted by Crippen LogP contribution is 2.54. The Morgan fingerprint density at radius 2 is 1.74 bits per heavy atom. The molecule has 3 saturated heterocycles. The number of benzene rings is 3. The van der Waals surface area contributed by atoms with E-state index in [0.717, 1.165) is 82.1 Å². The molecule has 3 aromatic heterocycles. The second-order valence-corrected chi connectivity index (χ2v) is 22.4. The summed E-state index contributed by atoms with van der Waals surface area (Å²) in [6.07, 6.45) is 9.81. The van der Waals surface area contributed by atoms with Crippen LogP contribution in [-0.4, -0.2) is 122 Å². The molecule has 4 fully saturated rings. The number of sulfonamides is 1. The number of phenols is 1. The molecule has 4 N–H and O–H groups in total. The summed E-state index contributed by atoms with van der Waals surface area (Å²) in [7, 11) is -3.07. The number of H-pyrrole nitrogens is 1. The van der Waals surface area contributed by atoms with E-state index in [1.807, 2.05) is 24.4 Å². The number of rotatable bonds is 15. The largest absolute Gasteiger partial charge is 0.506 e. The Hall–Kier alpha value is -6.67. The van der Waals surface area contributed by atoms with E-state index in [1.165, 1.54) is 22.9 Å². The van der Waals surface area contributed by atoms with Crippen LogP contribution in [-0.2, 0) is 21.3 Å². The molecule has 11 rings (SSSR count). The highest BCUT2D eigenvalue weighted by atomic mass is 32.2. The average molecular weight is 1030 g/mol. The molecule has 1 saturated carbocycles. The molecule has 1 amide bonds. The molecule has 0 unspecified atom stereocenters. The van der Waals surface area contributed by atoms with Gasteiger partial charge in [-0.25, -0.2) is 27.5 Å². The SMILES string of the molecule is COc1ccc(CN2CCN(C3CC4(CCN(c5ccc(C(=O)NS(=O)(=O)c6cc(O)c(NCC7(F)CCOCC7)c7c6OCO7)c(Oc6cnc7[nH]ccc7c6)c5)CC4)C3)[C@H](c3ccccc3C(C)C)C2)cn1. The zero-order valence-electron chi connectivity index (χ0n) is 41.9. The molecule has 1 aliphatic carbocycles. The number of piperidine rings is 1. The Balaban J connectivity index is 0.795. The lowest BCUT2D eigenvalue weighted by Crippen LogP contribution is -2.60. The summed E-state index contributed by atoms with van der Waals surface area (Å²) in [5.74, 6) is -0.313. The van der Waals surface area contributed by atoms with Gasteiger partial charge in [0.05, 0.1) is 18.9 Å². The fourth-order valence-corrected chi connectivity index (χ4v) is 12.8. The lowest BCUT2D eigenvalue weighted by molar-refractivity contribution is -0.0628. The number of aromatic hydroxyl groups is 1. The van der Waals surface area contributed by atoms with E-state index in [0.29, 0.717) is 29.2 Å². The van der Waals surface area contributed by atoms with Gasteiger partial charge in [-0.15, -0.1) is 0 Å². The van der Waals surface area contributed by atoms with Gasteiger partial charge in [0.2, 0.25) is 12.7 Å². The van der Waals surface area contributed by atoms with Crippen LogP contribution in [0.25, 0.3) is 11.0 Å². The predicted molar refractivity (Wildman–Crippen MR) is 277 cm³/mol. The lowest BCUT2D eigenvalue weighted by atomic mass is 9.59. The van der Waals surface area contributed by atoms with Crippen LogP contribution < -0.4 is 33.9 Å². The Bertz CT molecular complexity index is 3130. The van der Waals surface area contributed by atoms with Crippen molar-refractivity contribution in [3.05, 3.63) is 114 Å². The number of nitrogens with one attached hydrogen (secondary N) is 3. The first-order valence-electron chi connectivity index (χ1n) is 25.6. The van der Waals surface area contributed by atoms with E-state index in [1.54, 1.807) is 31.5 Å². The molecular weight excluding hydrogens is 968 g/mol. The first kappa shape index (κ1) is 49.5. The molecule has 0 radical (unpaired) electrons. The minimum Gasteiger partial charge on any atom is -0.506 e. The number of carbonyl (C=O) groups is 1. The molecule has 4 aliphatic heterocycles. The zero-order chi connectivity index (χ0) is 51.2. The number of anilines is 2. The van der Waals surface area contributed by atoms with Crippen molar-refractivity contribution >= 4 is 38.3 Å². The standard InChI is InChI=1S/C55H63FN8O9S/c1-35(2)41-6-4-5-7-42(41)44-32-62(31-36-8-11-48(69-3)58-29-36)20-21-64(44)39-27-54(28-39)13-18-63(19-14-54)38-9-10-43(46(25-38)73-40-24-37-12-17-57-52(37)59-30-40)53(66)61-74(67,68)47-26-45(65)49(51-50(47)71-34-72-51)60-33-55(56)15-22-70-23-16-55/h4-12,17,24-26,29-30,35,39,44,60,65H,13-16,18-23,27-28,31-34H2,1-3H3,(H,57,59)(H,61,66)/t44-/m0/s1. The summed E-state index contributed by atoms with van der Waals surface area (Å²) in [5, 5.41) is 14.8. The number of amides is 1. The molecular formula is C55H63FN8O9S. The lowest BCUT2D eigenvalue weighted by Gasteiger charge is -2.58. The maximum Gasteiger partial charge on any atom is 0.268 e. The third-order valence-electron chi connectivity index (χ3n) is 15.8. The molecule has 0 bridgehead atoms. The van der Waals surface area contributed by atoms with Crippen molar-refractivity contribution in [1.82, 2.24) is 29.5 Å². The maximum absolute atomic E-state index is 15.5. The van der Waals surface area contributed by atoms with Crippen LogP contribution in [0.2, 0.25) is 0 Å². The number of methoxy groups -OCH3 is 1. The van der Waals surface area contributed by atoms with Crippen molar-refractivity contribution in [3.8, 4) is 34.6 Å². The smallest absolute Gasteiger partial charge is 0.268 e. The van der Waals surface area contributed by atoms with Gasteiger partial charge in [0.15, 0.2) is 11.5 Å². The molecule has 17 nitrogen and oxygen atoms in total. The number of carbonyl (C=O) groups excluding carboxylic acids is 1. The van der Waals surface area contributed by atoms with Crippen LogP contribution in [0.1, 0.15) is 91.4 Å². The van der Waals surface area contributed by atoms with Gasteiger partial charge < -0.3 is 44.0 Å². The van der Waals surface area contributed by atoms with Crippen LogP contribution in [0.3, 0.4) is 0 Å². The minimum atomic E-state index is -4.70. The van der Waals surface area contributed by atoms with E-state index < -0.39 is 32.2 Å². The topological polar surface area (TPSA) is 193 Å². The van der Waals surface area contributed by atoms with E-state index in [-0.39, 0.29) is 79.3 Å². The van der Waals surface area contributed by atoms with E-state index in [2.05, 4.69) is 83.9 Å². The number of halogens is 1. The normalized spacial score (nSPS) is 19.9. The summed E-state index contributed by atoms with van der Waals surface area (Å²) >= 11 is 0. The molecule has 1 spiro atoms. The number of ether oxygens (including phenoxy) is 5. The van der Waals surface area contributed by atoms with Crippen molar-refractivity contribution < 1.29 is 46.4 Å². The molecule has 19 heteroatoms. The van der Waals surface area contributed by atoms with Gasteiger partial charge in [-0.1, -0.05) is 44.2 Å². The number of piperazine rings is 1. The number of hydrogen-bond acceptors (Lipinski definition) is 15. The average Bonchev–Trinajstić information content (AvgIpc) is 4.09. The number of phenolic OH excluding ortho intramolecular Hbond substituents is 1. The quantitative estimate of drug-likeness (QED) is 0.0714. The van der Waals surface area contributed by atoms with Crippen LogP contribution in [0, 0.1) is 5.41 Å². The van der Waals surface area contributed by atoms with Gasteiger partial charge in [-0.2, -0.15) is 0 Å².